The Morgan fingerprint density at radius 2 is 2.40 bits per heavy atom. The summed E-state index contributed by atoms with van der Waals surface area (Å²) in [5, 5.41) is 26.7. The van der Waals surface area contributed by atoms with Crippen LogP contribution in [0, 0.1) is 5.21 Å². The van der Waals surface area contributed by atoms with Gasteiger partial charge in [0.1, 0.15) is 11.7 Å². The Balaban J connectivity index is 2.07. The number of quaternary nitrogens is 1. The Morgan fingerprint density at radius 3 is 3.12 bits per heavy atom. The molecule has 7 nitrogen and oxygen atoms in total. The van der Waals surface area contributed by atoms with E-state index in [0.717, 1.165) is 30.8 Å². The number of aromatic nitrogens is 2. The standard InChI is InChI=1S/C16H28ClN5O2S/c1-3-5-7-15-19-20-16(25-15)22(23)13-21(10-6-8-17)12-14(22)18-9-11-24-4-2/h3,14,18H,1,4-13H2,2H3. The number of hydroxylamine groups is 2. The number of hydrogen-bond donors (Lipinski definition) is 1. The lowest BCUT2D eigenvalue weighted by atomic mass is 10.3. The molecule has 1 fully saturated rings. The van der Waals surface area contributed by atoms with Crippen molar-refractivity contribution in [2.75, 3.05) is 45.4 Å². The van der Waals surface area contributed by atoms with Crippen molar-refractivity contribution in [3.8, 4) is 0 Å². The van der Waals surface area contributed by atoms with E-state index in [-0.39, 0.29) is 6.17 Å². The number of allylic oxidation sites excluding steroid dienone is 1. The summed E-state index contributed by atoms with van der Waals surface area (Å²) in [7, 11) is 0. The van der Waals surface area contributed by atoms with Crippen molar-refractivity contribution in [3.63, 3.8) is 0 Å². The van der Waals surface area contributed by atoms with Crippen LogP contribution in [0.2, 0.25) is 0 Å². The van der Waals surface area contributed by atoms with Gasteiger partial charge in [0.2, 0.25) is 0 Å². The normalized spacial score (nSPS) is 24.0. The lowest BCUT2D eigenvalue weighted by molar-refractivity contribution is 0.142. The highest BCUT2D eigenvalue weighted by Gasteiger charge is 2.43. The maximum absolute atomic E-state index is 13.6. The number of hydrogen-bond acceptors (Lipinski definition) is 7. The Hall–Kier alpha value is -0.610. The minimum Gasteiger partial charge on any atom is -0.623 e. The Labute approximate surface area is 158 Å². The van der Waals surface area contributed by atoms with Gasteiger partial charge < -0.3 is 9.94 Å². The van der Waals surface area contributed by atoms with Crippen molar-refractivity contribution in [2.45, 2.75) is 32.4 Å². The van der Waals surface area contributed by atoms with E-state index in [2.05, 4.69) is 27.0 Å². The van der Waals surface area contributed by atoms with E-state index in [1.807, 2.05) is 13.0 Å². The van der Waals surface area contributed by atoms with Crippen LogP contribution in [-0.4, -0.2) is 66.7 Å². The summed E-state index contributed by atoms with van der Waals surface area (Å²) in [6, 6.07) is 0. The first kappa shape index (κ1) is 20.7. The fourth-order valence-corrected chi connectivity index (χ4v) is 3.90. The number of ether oxygens (including phenoxy) is 1. The van der Waals surface area contributed by atoms with Gasteiger partial charge in [-0.15, -0.1) is 23.3 Å². The summed E-state index contributed by atoms with van der Waals surface area (Å²) >= 11 is 7.21. The van der Waals surface area contributed by atoms with Gasteiger partial charge in [0.05, 0.1) is 13.2 Å². The molecule has 1 aromatic heterocycles. The van der Waals surface area contributed by atoms with Crippen LogP contribution < -0.4 is 9.96 Å². The number of alkyl halides is 1. The molecule has 1 aromatic rings. The lowest BCUT2D eigenvalue weighted by Gasteiger charge is -2.39. The van der Waals surface area contributed by atoms with E-state index in [0.29, 0.717) is 44.0 Å². The van der Waals surface area contributed by atoms with Gasteiger partial charge in [-0.2, -0.15) is 0 Å². The van der Waals surface area contributed by atoms with Crippen LogP contribution in [0.15, 0.2) is 12.7 Å². The Morgan fingerprint density at radius 1 is 1.56 bits per heavy atom. The minimum absolute atomic E-state index is 0.268. The second-order valence-corrected chi connectivity index (χ2v) is 7.45. The average Bonchev–Trinajstić information content (AvgIpc) is 3.21. The highest BCUT2D eigenvalue weighted by atomic mass is 35.5. The van der Waals surface area contributed by atoms with Crippen LogP contribution in [-0.2, 0) is 11.2 Å². The summed E-state index contributed by atoms with van der Waals surface area (Å²) < 4.78 is 4.87. The molecule has 2 heterocycles. The highest BCUT2D eigenvalue weighted by molar-refractivity contribution is 7.15. The molecule has 2 atom stereocenters. The van der Waals surface area contributed by atoms with Gasteiger partial charge >= 0.3 is 5.13 Å². The molecule has 0 aliphatic carbocycles. The number of halogens is 1. The highest BCUT2D eigenvalue weighted by Crippen LogP contribution is 2.33. The predicted octanol–water partition coefficient (Wildman–Crippen LogP) is 2.32. The first-order valence-corrected chi connectivity index (χ1v) is 10.1. The molecule has 1 saturated heterocycles. The molecule has 9 heteroatoms. The summed E-state index contributed by atoms with van der Waals surface area (Å²) in [6.45, 7) is 9.47. The van der Waals surface area contributed by atoms with Gasteiger partial charge in [0, 0.05) is 32.0 Å². The minimum atomic E-state index is -0.500. The second-order valence-electron chi connectivity index (χ2n) is 6.03. The molecule has 0 spiro atoms. The topological polar surface area (TPSA) is 73.3 Å². The first-order chi connectivity index (χ1) is 12.1. The monoisotopic (exact) mass is 389 g/mol. The third kappa shape index (κ3) is 5.68. The maximum Gasteiger partial charge on any atom is 0.309 e. The zero-order valence-corrected chi connectivity index (χ0v) is 16.4. The van der Waals surface area contributed by atoms with Gasteiger partial charge in [-0.25, -0.2) is 4.90 Å². The molecule has 0 aromatic carbocycles. The summed E-state index contributed by atoms with van der Waals surface area (Å²) in [4.78, 5) is 2.15. The summed E-state index contributed by atoms with van der Waals surface area (Å²) in [5.74, 6) is 0.600. The molecule has 0 amide bonds. The number of rotatable bonds is 12. The van der Waals surface area contributed by atoms with Crippen molar-refractivity contribution in [2.24, 2.45) is 0 Å². The molecular formula is C16H28ClN5O2S. The zero-order valence-electron chi connectivity index (χ0n) is 14.8. The summed E-state index contributed by atoms with van der Waals surface area (Å²) in [6.07, 6.45) is 4.07. The average molecular weight is 390 g/mol. The van der Waals surface area contributed by atoms with Crippen molar-refractivity contribution in [3.05, 3.63) is 22.9 Å². The molecule has 2 rings (SSSR count). The van der Waals surface area contributed by atoms with E-state index < -0.39 is 4.65 Å². The van der Waals surface area contributed by atoms with Crippen LogP contribution >= 0.6 is 22.9 Å². The van der Waals surface area contributed by atoms with E-state index >= 15 is 0 Å². The van der Waals surface area contributed by atoms with Crippen LogP contribution in [0.4, 0.5) is 5.13 Å². The quantitative estimate of drug-likeness (QED) is 0.194. The second kappa shape index (κ2) is 10.5. The van der Waals surface area contributed by atoms with Gasteiger partial charge in [-0.1, -0.05) is 11.2 Å². The van der Waals surface area contributed by atoms with Gasteiger partial charge in [0.15, 0.2) is 6.17 Å². The molecule has 2 unspecified atom stereocenters. The first-order valence-electron chi connectivity index (χ1n) is 8.76. The van der Waals surface area contributed by atoms with E-state index in [9.17, 15) is 5.21 Å². The fourth-order valence-electron chi connectivity index (χ4n) is 2.85. The largest absolute Gasteiger partial charge is 0.623 e. The molecule has 1 N–H and O–H groups in total. The third-order valence-corrected chi connectivity index (χ3v) is 5.49. The van der Waals surface area contributed by atoms with Crippen molar-refractivity contribution in [1.82, 2.24) is 25.1 Å². The molecule has 1 aliphatic rings. The van der Waals surface area contributed by atoms with E-state index in [4.69, 9.17) is 16.3 Å². The zero-order chi connectivity index (χ0) is 18.1. The van der Waals surface area contributed by atoms with Crippen LogP contribution in [0.1, 0.15) is 24.8 Å². The Kier molecular flexibility index (Phi) is 8.71. The lowest BCUT2D eigenvalue weighted by Crippen LogP contribution is -2.56. The smallest absolute Gasteiger partial charge is 0.309 e. The van der Waals surface area contributed by atoms with Crippen LogP contribution in [0.25, 0.3) is 0 Å². The SMILES string of the molecule is C=CCCc1nnc([N+]2([O-])CN(CCCCl)CC2NCCOCC)s1. The van der Waals surface area contributed by atoms with Crippen molar-refractivity contribution >= 4 is 28.1 Å². The fraction of sp³-hybridized carbons (Fsp3) is 0.750. The van der Waals surface area contributed by atoms with Gasteiger partial charge in [0.25, 0.3) is 0 Å². The number of nitrogens with one attached hydrogen (secondary N) is 1. The molecule has 0 radical (unpaired) electrons. The number of aryl methyl sites for hydroxylation is 1. The summed E-state index contributed by atoms with van der Waals surface area (Å²) in [5.41, 5.74) is 0. The van der Waals surface area contributed by atoms with Crippen molar-refractivity contribution < 1.29 is 4.74 Å². The molecule has 142 valence electrons. The third-order valence-electron chi connectivity index (χ3n) is 4.13. The van der Waals surface area contributed by atoms with Gasteiger partial charge in [-0.3, -0.25) is 9.96 Å². The molecule has 25 heavy (non-hydrogen) atoms. The Bertz CT molecular complexity index is 532. The van der Waals surface area contributed by atoms with Crippen molar-refractivity contribution in [1.29, 1.82) is 0 Å². The number of nitrogens with zero attached hydrogens (tertiary/aromatic N) is 4. The predicted molar refractivity (Wildman–Crippen MR) is 104 cm³/mol. The van der Waals surface area contributed by atoms with E-state index in [1.54, 1.807) is 0 Å². The van der Waals surface area contributed by atoms with Crippen LogP contribution in [0.5, 0.6) is 0 Å². The van der Waals surface area contributed by atoms with Crippen LogP contribution in [0.3, 0.4) is 0 Å². The van der Waals surface area contributed by atoms with Gasteiger partial charge in [-0.05, 0) is 31.1 Å². The molecular weight excluding hydrogens is 362 g/mol. The molecule has 0 bridgehead atoms. The molecule has 1 aliphatic heterocycles. The molecule has 0 saturated carbocycles. The maximum atomic E-state index is 13.6. The van der Waals surface area contributed by atoms with E-state index in [1.165, 1.54) is 11.3 Å².